The zero-order valence-corrected chi connectivity index (χ0v) is 34.2. The molecule has 0 fully saturated rings. The highest BCUT2D eigenvalue weighted by molar-refractivity contribution is 6.36. The maximum Gasteiger partial charge on any atom is 0.260 e. The van der Waals surface area contributed by atoms with Gasteiger partial charge in [0.25, 0.3) is 11.8 Å². The van der Waals surface area contributed by atoms with E-state index in [2.05, 4.69) is 48.6 Å². The van der Waals surface area contributed by atoms with Crippen molar-refractivity contribution in [1.82, 2.24) is 15.6 Å². The second-order valence-corrected chi connectivity index (χ2v) is 14.7. The first kappa shape index (κ1) is 44.1. The van der Waals surface area contributed by atoms with Gasteiger partial charge in [-0.2, -0.15) is 0 Å². The highest BCUT2D eigenvalue weighted by Crippen LogP contribution is 2.42. The summed E-state index contributed by atoms with van der Waals surface area (Å²) in [7, 11) is 3.01. The van der Waals surface area contributed by atoms with E-state index in [4.69, 9.17) is 22.1 Å². The number of nitrogens with one attached hydrogen (secondary N) is 3. The van der Waals surface area contributed by atoms with Crippen LogP contribution in [-0.2, 0) is 27.2 Å². The van der Waals surface area contributed by atoms with Gasteiger partial charge < -0.3 is 26.4 Å². The molecule has 0 bridgehead atoms. The minimum absolute atomic E-state index is 0.0182. The Balaban J connectivity index is 0.000000390. The van der Waals surface area contributed by atoms with E-state index in [1.165, 1.54) is 32.0 Å². The Morgan fingerprint density at radius 1 is 1.06 bits per heavy atom. The SMILES string of the molecule is CCC(C)CCC(CC)(CC)NC(=O)C(C)C.CNC(=O)/C(=C\CN)C(=O)Nc1cccc(-c2c(F)ccc(-c3cc4c(c(OC)n3)CCC4)c2Cl)c1C. The van der Waals surface area contributed by atoms with E-state index < -0.39 is 17.6 Å². The number of carbonyl (C=O) groups excluding carboxylic acids is 3. The topological polar surface area (TPSA) is 135 Å². The van der Waals surface area contributed by atoms with Crippen LogP contribution >= 0.6 is 11.6 Å². The molecule has 3 aromatic rings. The predicted molar refractivity (Wildman–Crippen MR) is 218 cm³/mol. The van der Waals surface area contributed by atoms with E-state index in [-0.39, 0.29) is 40.1 Å². The number of benzene rings is 2. The number of pyridine rings is 1. The summed E-state index contributed by atoms with van der Waals surface area (Å²) in [4.78, 5) is 41.5. The highest BCUT2D eigenvalue weighted by Gasteiger charge is 2.29. The second-order valence-electron chi connectivity index (χ2n) is 14.3. The summed E-state index contributed by atoms with van der Waals surface area (Å²) in [5, 5.41) is 8.63. The zero-order valence-electron chi connectivity index (χ0n) is 33.5. The van der Waals surface area contributed by atoms with Gasteiger partial charge in [0.15, 0.2) is 0 Å². The number of likely N-dealkylation sites (N-methyl/N-ethyl adjacent to an activating group) is 1. The van der Waals surface area contributed by atoms with E-state index in [1.807, 2.05) is 19.9 Å². The van der Waals surface area contributed by atoms with E-state index in [9.17, 15) is 14.4 Å². The van der Waals surface area contributed by atoms with Crippen LogP contribution < -0.4 is 26.4 Å². The molecule has 0 radical (unpaired) electrons. The third-order valence-electron chi connectivity index (χ3n) is 10.6. The summed E-state index contributed by atoms with van der Waals surface area (Å²) in [5.41, 5.74) is 10.5. The van der Waals surface area contributed by atoms with E-state index >= 15 is 4.39 Å². The summed E-state index contributed by atoms with van der Waals surface area (Å²) in [5.74, 6) is -0.110. The minimum Gasteiger partial charge on any atom is -0.481 e. The molecule has 5 N–H and O–H groups in total. The van der Waals surface area contributed by atoms with Crippen LogP contribution in [0.2, 0.25) is 5.02 Å². The number of aryl methyl sites for hydroxylation is 1. The van der Waals surface area contributed by atoms with Gasteiger partial charge in [-0.1, -0.05) is 77.8 Å². The number of hydrogen-bond acceptors (Lipinski definition) is 6. The number of ether oxygens (including phenoxy) is 1. The normalized spacial score (nSPS) is 13.1. The Morgan fingerprint density at radius 3 is 2.35 bits per heavy atom. The van der Waals surface area contributed by atoms with Crippen LogP contribution in [0.3, 0.4) is 0 Å². The molecular weight excluding hydrogens is 705 g/mol. The number of rotatable bonds is 15. The molecule has 1 aliphatic carbocycles. The first-order chi connectivity index (χ1) is 25.7. The number of halogens is 2. The number of aromatic nitrogens is 1. The standard InChI is InChI=1S/C28H28ClFN4O3.C15H31NO/c1-15-17(7-5-9-22(15)33-27(36)20(12-13-31)26(35)32-2)24-21(30)11-10-19(25(24)29)23-14-16-6-4-8-18(16)28(34-23)37-3;1-7-13(6)10-11-15(8-2,9-3)16-14(17)12(4)5/h5,7,9-12,14H,4,6,8,13,31H2,1-3H3,(H,32,35)(H,33,36);12-13H,7-11H2,1-6H3,(H,16,17)/b20-12+;. The van der Waals surface area contributed by atoms with Crippen molar-refractivity contribution in [2.24, 2.45) is 17.6 Å². The fourth-order valence-electron chi connectivity index (χ4n) is 6.60. The van der Waals surface area contributed by atoms with E-state index in [0.29, 0.717) is 34.0 Å². The minimum atomic E-state index is -0.625. The lowest BCUT2D eigenvalue weighted by Gasteiger charge is -2.34. The summed E-state index contributed by atoms with van der Waals surface area (Å²) in [6, 6.07) is 10.0. The largest absolute Gasteiger partial charge is 0.481 e. The number of methoxy groups -OCH3 is 1. The molecule has 0 aliphatic heterocycles. The van der Waals surface area contributed by atoms with Crippen LogP contribution in [0.25, 0.3) is 22.4 Å². The summed E-state index contributed by atoms with van der Waals surface area (Å²) < 4.78 is 20.8. The van der Waals surface area contributed by atoms with E-state index in [0.717, 1.165) is 55.6 Å². The number of fused-ring (bicyclic) bond motifs is 1. The van der Waals surface area contributed by atoms with Crippen molar-refractivity contribution in [3.63, 3.8) is 0 Å². The maximum absolute atomic E-state index is 15.3. The van der Waals surface area contributed by atoms with Crippen LogP contribution in [0.5, 0.6) is 5.88 Å². The second kappa shape index (κ2) is 20.4. The van der Waals surface area contributed by atoms with Crippen molar-refractivity contribution in [2.45, 2.75) is 105 Å². The van der Waals surface area contributed by atoms with Crippen molar-refractivity contribution in [1.29, 1.82) is 0 Å². The summed E-state index contributed by atoms with van der Waals surface area (Å²) >= 11 is 6.83. The lowest BCUT2D eigenvalue weighted by Crippen LogP contribution is -2.49. The molecule has 294 valence electrons. The summed E-state index contributed by atoms with van der Waals surface area (Å²) in [6.07, 6.45) is 9.78. The molecule has 1 aliphatic rings. The smallest absolute Gasteiger partial charge is 0.260 e. The quantitative estimate of drug-likeness (QED) is 0.0695. The Kier molecular flexibility index (Phi) is 16.7. The van der Waals surface area contributed by atoms with Crippen molar-refractivity contribution in [3.05, 3.63) is 75.6 Å². The molecule has 54 heavy (non-hydrogen) atoms. The Bertz CT molecular complexity index is 1820. The fourth-order valence-corrected chi connectivity index (χ4v) is 6.95. The van der Waals surface area contributed by atoms with Crippen LogP contribution in [0.1, 0.15) is 96.8 Å². The van der Waals surface area contributed by atoms with Gasteiger partial charge >= 0.3 is 0 Å². The number of nitrogens with two attached hydrogens (primary N) is 1. The number of nitrogens with zero attached hydrogens (tertiary/aromatic N) is 1. The first-order valence-electron chi connectivity index (χ1n) is 19.1. The molecular formula is C43H59ClFN5O4. The van der Waals surface area contributed by atoms with Crippen LogP contribution in [0, 0.1) is 24.6 Å². The fraction of sp³-hybridized carbons (Fsp3) is 0.488. The molecule has 3 amide bonds. The molecule has 2 aromatic carbocycles. The number of anilines is 1. The highest BCUT2D eigenvalue weighted by atomic mass is 35.5. The van der Waals surface area contributed by atoms with Crippen LogP contribution in [0.4, 0.5) is 10.1 Å². The van der Waals surface area contributed by atoms with Gasteiger partial charge in [0.2, 0.25) is 11.8 Å². The van der Waals surface area contributed by atoms with Gasteiger partial charge in [-0.3, -0.25) is 14.4 Å². The van der Waals surface area contributed by atoms with Crippen LogP contribution in [0.15, 0.2) is 48.0 Å². The molecule has 1 unspecified atom stereocenters. The molecule has 0 spiro atoms. The van der Waals surface area contributed by atoms with Gasteiger partial charge in [-0.05, 0) is 98.7 Å². The molecule has 1 atom stereocenters. The maximum atomic E-state index is 15.3. The Morgan fingerprint density at radius 2 is 1.76 bits per heavy atom. The molecule has 1 aromatic heterocycles. The van der Waals surface area contributed by atoms with Gasteiger partial charge in [0, 0.05) is 47.4 Å². The molecule has 1 heterocycles. The molecule has 0 saturated carbocycles. The molecule has 9 nitrogen and oxygen atoms in total. The van der Waals surface area contributed by atoms with Crippen LogP contribution in [-0.4, -0.2) is 48.9 Å². The molecule has 0 saturated heterocycles. The summed E-state index contributed by atoms with van der Waals surface area (Å²) in [6.45, 7) is 14.6. The number of carbonyl (C=O) groups is 3. The molecule has 11 heteroatoms. The number of amides is 3. The van der Waals surface area contributed by atoms with E-state index in [1.54, 1.807) is 38.3 Å². The Labute approximate surface area is 326 Å². The average molecular weight is 764 g/mol. The van der Waals surface area contributed by atoms with Gasteiger partial charge in [-0.25, -0.2) is 9.37 Å². The Hall–Kier alpha value is -4.28. The average Bonchev–Trinajstić information content (AvgIpc) is 3.65. The van der Waals surface area contributed by atoms with Crippen molar-refractivity contribution < 1.29 is 23.5 Å². The monoisotopic (exact) mass is 763 g/mol. The van der Waals surface area contributed by atoms with Gasteiger partial charge in [0.1, 0.15) is 11.4 Å². The lowest BCUT2D eigenvalue weighted by atomic mass is 9.84. The zero-order chi connectivity index (χ0) is 40.2. The molecule has 4 rings (SSSR count). The van der Waals surface area contributed by atoms with Crippen molar-refractivity contribution >= 4 is 35.0 Å². The van der Waals surface area contributed by atoms with Crippen molar-refractivity contribution in [3.8, 4) is 28.3 Å². The predicted octanol–water partition coefficient (Wildman–Crippen LogP) is 8.73. The van der Waals surface area contributed by atoms with Gasteiger partial charge in [-0.15, -0.1) is 0 Å². The lowest BCUT2D eigenvalue weighted by molar-refractivity contribution is -0.126. The van der Waals surface area contributed by atoms with Crippen molar-refractivity contribution in [2.75, 3.05) is 26.0 Å². The van der Waals surface area contributed by atoms with Gasteiger partial charge in [0.05, 0.1) is 17.8 Å². The third-order valence-corrected chi connectivity index (χ3v) is 11.0. The third kappa shape index (κ3) is 10.7. The number of hydrogen-bond donors (Lipinski definition) is 4. The first-order valence-corrected chi connectivity index (χ1v) is 19.5.